The van der Waals surface area contributed by atoms with E-state index in [0.29, 0.717) is 0 Å². The van der Waals surface area contributed by atoms with Gasteiger partial charge < -0.3 is 10.6 Å². The van der Waals surface area contributed by atoms with Gasteiger partial charge in [0.05, 0.1) is 0 Å². The van der Waals surface area contributed by atoms with E-state index in [4.69, 9.17) is 0 Å². The number of amides is 2. The molecule has 0 atom stereocenters. The van der Waals surface area contributed by atoms with Gasteiger partial charge in [-0.15, -0.1) is 0 Å². The molecule has 0 aromatic rings. The molecule has 0 aliphatic rings. The van der Waals surface area contributed by atoms with Crippen LogP contribution in [0.3, 0.4) is 0 Å². The van der Waals surface area contributed by atoms with E-state index < -0.39 is 0 Å². The largest absolute Gasteiger partial charge is 0.341 e. The van der Waals surface area contributed by atoms with Crippen molar-refractivity contribution in [3.63, 3.8) is 0 Å². The Balaban J connectivity index is 2.95. The number of rotatable bonds is 7. The molecule has 0 rings (SSSR count). The summed E-state index contributed by atoms with van der Waals surface area (Å²) >= 11 is 1.90. The lowest BCUT2D eigenvalue weighted by Crippen LogP contribution is -2.34. The molecule has 0 saturated carbocycles. The Morgan fingerprint density at radius 2 is 2.08 bits per heavy atom. The van der Waals surface area contributed by atoms with Gasteiger partial charge in [-0.05, 0) is 12.2 Å². The first-order valence-electron chi connectivity index (χ1n) is 4.84. The minimum atomic E-state index is -0.0887. The van der Waals surface area contributed by atoms with E-state index in [9.17, 15) is 4.79 Å². The SMILES string of the molecule is CCCCCSCCNC(=O)NC. The van der Waals surface area contributed by atoms with Crippen molar-refractivity contribution < 1.29 is 4.79 Å². The van der Waals surface area contributed by atoms with E-state index >= 15 is 0 Å². The number of unbranched alkanes of at least 4 members (excludes halogenated alkanes) is 2. The maximum absolute atomic E-state index is 10.7. The molecule has 0 heterocycles. The molecule has 0 bridgehead atoms. The molecule has 0 saturated heterocycles. The summed E-state index contributed by atoms with van der Waals surface area (Å²) in [7, 11) is 1.63. The summed E-state index contributed by atoms with van der Waals surface area (Å²) in [5.74, 6) is 2.22. The molecule has 0 radical (unpaired) electrons. The predicted molar refractivity (Wildman–Crippen MR) is 59.3 cm³/mol. The maximum atomic E-state index is 10.7. The summed E-state index contributed by atoms with van der Waals surface area (Å²) in [5.41, 5.74) is 0. The first-order chi connectivity index (χ1) is 6.31. The van der Waals surface area contributed by atoms with Gasteiger partial charge in [-0.25, -0.2) is 4.79 Å². The minimum absolute atomic E-state index is 0.0887. The summed E-state index contributed by atoms with van der Waals surface area (Å²) < 4.78 is 0. The topological polar surface area (TPSA) is 41.1 Å². The third-order valence-electron chi connectivity index (χ3n) is 1.65. The average Bonchev–Trinajstić information content (AvgIpc) is 2.16. The third kappa shape index (κ3) is 9.53. The van der Waals surface area contributed by atoms with Crippen LogP contribution in [0.25, 0.3) is 0 Å². The first-order valence-corrected chi connectivity index (χ1v) is 6.00. The quantitative estimate of drug-likeness (QED) is 0.621. The molecule has 0 aliphatic heterocycles. The lowest BCUT2D eigenvalue weighted by Gasteiger charge is -2.03. The van der Waals surface area contributed by atoms with Crippen molar-refractivity contribution in [2.75, 3.05) is 25.1 Å². The Bertz CT molecular complexity index is 131. The molecule has 0 aliphatic carbocycles. The fourth-order valence-corrected chi connectivity index (χ4v) is 1.74. The van der Waals surface area contributed by atoms with Gasteiger partial charge in [0.2, 0.25) is 0 Å². The van der Waals surface area contributed by atoms with Gasteiger partial charge in [-0.1, -0.05) is 19.8 Å². The van der Waals surface area contributed by atoms with Crippen LogP contribution in [0.2, 0.25) is 0 Å². The second-order valence-electron chi connectivity index (χ2n) is 2.83. The lowest BCUT2D eigenvalue weighted by atomic mass is 10.3. The summed E-state index contributed by atoms with van der Waals surface area (Å²) in [4.78, 5) is 10.7. The van der Waals surface area contributed by atoms with Crippen LogP contribution < -0.4 is 10.6 Å². The van der Waals surface area contributed by atoms with Gasteiger partial charge in [-0.2, -0.15) is 11.8 Å². The Hall–Kier alpha value is -0.380. The van der Waals surface area contributed by atoms with Gasteiger partial charge in [0.1, 0.15) is 0 Å². The van der Waals surface area contributed by atoms with Crippen LogP contribution in [-0.4, -0.2) is 31.1 Å². The van der Waals surface area contributed by atoms with Crippen LogP contribution in [0, 0.1) is 0 Å². The zero-order chi connectivity index (χ0) is 9.94. The highest BCUT2D eigenvalue weighted by atomic mass is 32.2. The summed E-state index contributed by atoms with van der Waals surface area (Å²) in [6, 6.07) is -0.0887. The predicted octanol–water partition coefficient (Wildman–Crippen LogP) is 1.84. The number of hydrogen-bond acceptors (Lipinski definition) is 2. The van der Waals surface area contributed by atoms with Crippen molar-refractivity contribution in [3.05, 3.63) is 0 Å². The smallest absolute Gasteiger partial charge is 0.314 e. The summed E-state index contributed by atoms with van der Waals surface area (Å²) in [6.45, 7) is 2.97. The molecule has 0 spiro atoms. The van der Waals surface area contributed by atoms with E-state index in [1.807, 2.05) is 11.8 Å². The van der Waals surface area contributed by atoms with Gasteiger partial charge in [0, 0.05) is 19.3 Å². The minimum Gasteiger partial charge on any atom is -0.341 e. The molecule has 2 N–H and O–H groups in total. The second kappa shape index (κ2) is 9.71. The van der Waals surface area contributed by atoms with Crippen molar-refractivity contribution >= 4 is 17.8 Å². The number of thioether (sulfide) groups is 1. The molecule has 4 heteroatoms. The number of nitrogens with one attached hydrogen (secondary N) is 2. The van der Waals surface area contributed by atoms with E-state index in [1.54, 1.807) is 7.05 Å². The Morgan fingerprint density at radius 1 is 1.31 bits per heavy atom. The van der Waals surface area contributed by atoms with Crippen molar-refractivity contribution in [2.24, 2.45) is 0 Å². The van der Waals surface area contributed by atoms with Crippen LogP contribution >= 0.6 is 11.8 Å². The highest BCUT2D eigenvalue weighted by molar-refractivity contribution is 7.99. The van der Waals surface area contributed by atoms with Gasteiger partial charge in [0.15, 0.2) is 0 Å². The maximum Gasteiger partial charge on any atom is 0.314 e. The molecule has 0 fully saturated rings. The highest BCUT2D eigenvalue weighted by Crippen LogP contribution is 2.04. The molecule has 0 aromatic carbocycles. The lowest BCUT2D eigenvalue weighted by molar-refractivity contribution is 0.243. The van der Waals surface area contributed by atoms with E-state index in [2.05, 4.69) is 17.6 Å². The Labute approximate surface area is 85.0 Å². The Morgan fingerprint density at radius 3 is 2.69 bits per heavy atom. The number of urea groups is 1. The van der Waals surface area contributed by atoms with Crippen molar-refractivity contribution in [3.8, 4) is 0 Å². The summed E-state index contributed by atoms with van der Waals surface area (Å²) in [5, 5.41) is 5.27. The second-order valence-corrected chi connectivity index (χ2v) is 4.05. The van der Waals surface area contributed by atoms with Gasteiger partial charge in [0.25, 0.3) is 0 Å². The van der Waals surface area contributed by atoms with Crippen molar-refractivity contribution in [1.29, 1.82) is 0 Å². The number of carbonyl (C=O) groups is 1. The van der Waals surface area contributed by atoms with Crippen molar-refractivity contribution in [2.45, 2.75) is 26.2 Å². The normalized spacial score (nSPS) is 9.69. The van der Waals surface area contributed by atoms with E-state index in [0.717, 1.165) is 12.3 Å². The van der Waals surface area contributed by atoms with Crippen LogP contribution in [-0.2, 0) is 0 Å². The highest BCUT2D eigenvalue weighted by Gasteiger charge is 1.94. The fourth-order valence-electron chi connectivity index (χ4n) is 0.881. The fraction of sp³-hybridized carbons (Fsp3) is 0.889. The molecular weight excluding hydrogens is 184 g/mol. The van der Waals surface area contributed by atoms with Crippen molar-refractivity contribution in [1.82, 2.24) is 10.6 Å². The van der Waals surface area contributed by atoms with Crippen LogP contribution in [0.15, 0.2) is 0 Å². The van der Waals surface area contributed by atoms with Gasteiger partial charge >= 0.3 is 6.03 Å². The third-order valence-corrected chi connectivity index (χ3v) is 2.72. The van der Waals surface area contributed by atoms with Crippen LogP contribution in [0.5, 0.6) is 0 Å². The standard InChI is InChI=1S/C9H20N2OS/c1-3-4-5-7-13-8-6-11-9(12)10-2/h3-8H2,1-2H3,(H2,10,11,12). The number of hydrogen-bond donors (Lipinski definition) is 2. The van der Waals surface area contributed by atoms with E-state index in [-0.39, 0.29) is 6.03 Å². The molecule has 78 valence electrons. The average molecular weight is 204 g/mol. The molecule has 13 heavy (non-hydrogen) atoms. The zero-order valence-corrected chi connectivity index (χ0v) is 9.38. The van der Waals surface area contributed by atoms with Crippen LogP contribution in [0.1, 0.15) is 26.2 Å². The molecule has 0 aromatic heterocycles. The molecule has 3 nitrogen and oxygen atoms in total. The van der Waals surface area contributed by atoms with Gasteiger partial charge in [-0.3, -0.25) is 0 Å². The molecular formula is C9H20N2OS. The van der Waals surface area contributed by atoms with E-state index in [1.165, 1.54) is 25.0 Å². The molecule has 2 amide bonds. The summed E-state index contributed by atoms with van der Waals surface area (Å²) in [6.07, 6.45) is 3.88. The first kappa shape index (κ1) is 12.6. The Kier molecular flexibility index (Phi) is 9.42. The van der Waals surface area contributed by atoms with Crippen LogP contribution in [0.4, 0.5) is 4.79 Å². The zero-order valence-electron chi connectivity index (χ0n) is 8.56. The number of carbonyl (C=O) groups excluding carboxylic acids is 1. The monoisotopic (exact) mass is 204 g/mol. The molecule has 0 unspecified atom stereocenters.